The minimum Gasteiger partial charge on any atom is -0.394 e. The van der Waals surface area contributed by atoms with Crippen LogP contribution in [0, 0.1) is 0 Å². The van der Waals surface area contributed by atoms with E-state index in [1.807, 2.05) is 0 Å². The number of halogens is 1. The van der Waals surface area contributed by atoms with Gasteiger partial charge in [0.05, 0.1) is 13.2 Å². The number of benzene rings is 1. The molecule has 1 saturated heterocycles. The van der Waals surface area contributed by atoms with Crippen LogP contribution in [0.2, 0.25) is 5.02 Å². The van der Waals surface area contributed by atoms with Crippen LogP contribution in [0.1, 0.15) is 12.5 Å². The first-order chi connectivity index (χ1) is 10.9. The van der Waals surface area contributed by atoms with Crippen molar-refractivity contribution in [3.63, 3.8) is 0 Å². The van der Waals surface area contributed by atoms with Gasteiger partial charge in [0, 0.05) is 11.9 Å². The largest absolute Gasteiger partial charge is 0.394 e. The van der Waals surface area contributed by atoms with Crippen molar-refractivity contribution in [2.45, 2.75) is 44.2 Å². The second-order valence-electron chi connectivity index (χ2n) is 5.34. The van der Waals surface area contributed by atoms with Crippen molar-refractivity contribution in [1.29, 1.82) is 0 Å². The van der Waals surface area contributed by atoms with Crippen LogP contribution in [0.15, 0.2) is 24.3 Å². The highest BCUT2D eigenvalue weighted by atomic mass is 35.5. The van der Waals surface area contributed by atoms with Gasteiger partial charge in [-0.05, 0) is 11.6 Å². The highest BCUT2D eigenvalue weighted by Gasteiger charge is 2.45. The fourth-order valence-electron chi connectivity index (χ4n) is 2.40. The molecule has 0 spiro atoms. The Balaban J connectivity index is 2.11. The molecule has 1 fully saturated rings. The molecule has 0 saturated carbocycles. The Labute approximate surface area is 138 Å². The third-order valence-electron chi connectivity index (χ3n) is 3.61. The van der Waals surface area contributed by atoms with Crippen LogP contribution in [0.5, 0.6) is 0 Å². The molecule has 0 radical (unpaired) electrons. The number of hydrogen-bond donors (Lipinski definition) is 4. The quantitative estimate of drug-likeness (QED) is 0.588. The third-order valence-corrected chi connectivity index (χ3v) is 3.98. The molecule has 0 aromatic heterocycles. The lowest BCUT2D eigenvalue weighted by molar-refractivity contribution is -0.273. The molecular weight excluding hydrogens is 326 g/mol. The molecule has 23 heavy (non-hydrogen) atoms. The van der Waals surface area contributed by atoms with E-state index in [0.717, 1.165) is 0 Å². The number of ether oxygens (including phenoxy) is 2. The number of nitrogens with one attached hydrogen (secondary N) is 1. The van der Waals surface area contributed by atoms with Crippen LogP contribution in [-0.2, 0) is 20.9 Å². The Kier molecular flexibility index (Phi) is 6.34. The average Bonchev–Trinajstić information content (AvgIpc) is 2.52. The molecule has 0 unspecified atom stereocenters. The molecule has 1 aromatic carbocycles. The standard InChI is InChI=1S/C15H20ClNO6/c1-8(19)17-12-14(21)13(20)11(6-18)23-15(12)22-7-9-4-2-3-5-10(9)16/h2-5,11-15,18,20-21H,6-7H2,1H3,(H,17,19)/t11-,12-,13+,14-,15-/m0/s1. The molecule has 7 nitrogen and oxygen atoms in total. The monoisotopic (exact) mass is 345 g/mol. The summed E-state index contributed by atoms with van der Waals surface area (Å²) in [5, 5.41) is 32.3. The lowest BCUT2D eigenvalue weighted by Crippen LogP contribution is -2.64. The van der Waals surface area contributed by atoms with Gasteiger partial charge < -0.3 is 30.1 Å². The zero-order valence-electron chi connectivity index (χ0n) is 12.6. The Morgan fingerprint density at radius 2 is 2.04 bits per heavy atom. The number of rotatable bonds is 5. The van der Waals surface area contributed by atoms with Crippen molar-refractivity contribution in [2.24, 2.45) is 0 Å². The van der Waals surface area contributed by atoms with Crippen molar-refractivity contribution >= 4 is 17.5 Å². The van der Waals surface area contributed by atoms with Crippen molar-refractivity contribution in [2.75, 3.05) is 6.61 Å². The van der Waals surface area contributed by atoms with Crippen molar-refractivity contribution in [3.8, 4) is 0 Å². The Morgan fingerprint density at radius 3 is 2.65 bits per heavy atom. The SMILES string of the molecule is CC(=O)N[C@@H]1[C@@H](OCc2ccccc2Cl)O[C@@H](CO)[C@@H](O)[C@H]1O. The Hall–Kier alpha value is -1.22. The summed E-state index contributed by atoms with van der Waals surface area (Å²) >= 11 is 6.05. The van der Waals surface area contributed by atoms with Gasteiger partial charge in [0.15, 0.2) is 6.29 Å². The number of carbonyl (C=O) groups excluding carboxylic acids is 1. The normalized spacial score (nSPS) is 30.9. The van der Waals surface area contributed by atoms with Gasteiger partial charge in [-0.2, -0.15) is 0 Å². The molecule has 4 N–H and O–H groups in total. The molecule has 0 aliphatic carbocycles. The zero-order chi connectivity index (χ0) is 17.0. The molecular formula is C15H20ClNO6. The van der Waals surface area contributed by atoms with Gasteiger partial charge in [-0.1, -0.05) is 29.8 Å². The number of aliphatic hydroxyl groups is 3. The molecule has 1 amide bonds. The number of amides is 1. The Bertz CT molecular complexity index is 542. The summed E-state index contributed by atoms with van der Waals surface area (Å²) in [6.07, 6.45) is -4.71. The summed E-state index contributed by atoms with van der Waals surface area (Å²) in [4.78, 5) is 11.3. The molecule has 2 rings (SSSR count). The van der Waals surface area contributed by atoms with E-state index in [-0.39, 0.29) is 6.61 Å². The lowest BCUT2D eigenvalue weighted by Gasteiger charge is -2.42. The van der Waals surface area contributed by atoms with Crippen LogP contribution in [0.25, 0.3) is 0 Å². The van der Waals surface area contributed by atoms with Crippen LogP contribution in [0.3, 0.4) is 0 Å². The summed E-state index contributed by atoms with van der Waals surface area (Å²) in [6.45, 7) is 0.876. The summed E-state index contributed by atoms with van der Waals surface area (Å²) in [5.74, 6) is -0.404. The van der Waals surface area contributed by atoms with E-state index >= 15 is 0 Å². The number of hydrogen-bond acceptors (Lipinski definition) is 6. The molecule has 1 aliphatic rings. The van der Waals surface area contributed by atoms with Crippen LogP contribution < -0.4 is 5.32 Å². The maximum absolute atomic E-state index is 11.3. The van der Waals surface area contributed by atoms with Crippen LogP contribution in [0.4, 0.5) is 0 Å². The minimum absolute atomic E-state index is 0.0847. The minimum atomic E-state index is -1.34. The van der Waals surface area contributed by atoms with Crippen LogP contribution >= 0.6 is 11.6 Å². The topological polar surface area (TPSA) is 108 Å². The molecule has 0 bridgehead atoms. The van der Waals surface area contributed by atoms with Gasteiger partial charge in [-0.15, -0.1) is 0 Å². The Morgan fingerprint density at radius 1 is 1.35 bits per heavy atom. The molecule has 5 atom stereocenters. The summed E-state index contributed by atoms with van der Waals surface area (Å²) in [5.41, 5.74) is 0.709. The van der Waals surface area contributed by atoms with E-state index < -0.39 is 43.2 Å². The maximum atomic E-state index is 11.3. The molecule has 1 aromatic rings. The second kappa shape index (κ2) is 8.05. The first-order valence-corrected chi connectivity index (χ1v) is 7.56. The fraction of sp³-hybridized carbons (Fsp3) is 0.533. The summed E-state index contributed by atoms with van der Waals surface area (Å²) < 4.78 is 11.1. The number of carbonyl (C=O) groups is 1. The van der Waals surface area contributed by atoms with E-state index in [9.17, 15) is 20.1 Å². The predicted octanol–water partition coefficient (Wildman–Crippen LogP) is -0.200. The summed E-state index contributed by atoms with van der Waals surface area (Å²) in [6, 6.07) is 6.10. The van der Waals surface area contributed by atoms with E-state index in [1.54, 1.807) is 24.3 Å². The van der Waals surface area contributed by atoms with Crippen LogP contribution in [-0.4, -0.2) is 58.5 Å². The summed E-state index contributed by atoms with van der Waals surface area (Å²) in [7, 11) is 0. The first kappa shape index (κ1) is 18.1. The third kappa shape index (κ3) is 4.41. The van der Waals surface area contributed by atoms with Crippen molar-refractivity contribution in [1.82, 2.24) is 5.32 Å². The zero-order valence-corrected chi connectivity index (χ0v) is 13.3. The van der Waals surface area contributed by atoms with Gasteiger partial charge in [0.1, 0.15) is 24.4 Å². The molecule has 1 heterocycles. The molecule has 128 valence electrons. The maximum Gasteiger partial charge on any atom is 0.217 e. The highest BCUT2D eigenvalue weighted by molar-refractivity contribution is 6.31. The van der Waals surface area contributed by atoms with Gasteiger partial charge in [-0.25, -0.2) is 0 Å². The highest BCUT2D eigenvalue weighted by Crippen LogP contribution is 2.24. The van der Waals surface area contributed by atoms with E-state index in [4.69, 9.17) is 21.1 Å². The fourth-order valence-corrected chi connectivity index (χ4v) is 2.59. The lowest BCUT2D eigenvalue weighted by atomic mass is 9.97. The average molecular weight is 346 g/mol. The second-order valence-corrected chi connectivity index (χ2v) is 5.74. The van der Waals surface area contributed by atoms with E-state index in [1.165, 1.54) is 6.92 Å². The van der Waals surface area contributed by atoms with E-state index in [2.05, 4.69) is 5.32 Å². The van der Waals surface area contributed by atoms with Crippen molar-refractivity contribution < 1.29 is 29.6 Å². The predicted molar refractivity (Wildman–Crippen MR) is 81.6 cm³/mol. The van der Waals surface area contributed by atoms with Gasteiger partial charge >= 0.3 is 0 Å². The van der Waals surface area contributed by atoms with Gasteiger partial charge in [0.2, 0.25) is 5.91 Å². The van der Waals surface area contributed by atoms with E-state index in [0.29, 0.717) is 10.6 Å². The first-order valence-electron chi connectivity index (χ1n) is 7.18. The van der Waals surface area contributed by atoms with Gasteiger partial charge in [0.25, 0.3) is 0 Å². The number of aliphatic hydroxyl groups excluding tert-OH is 3. The molecule has 1 aliphatic heterocycles. The van der Waals surface area contributed by atoms with Gasteiger partial charge in [-0.3, -0.25) is 4.79 Å². The smallest absolute Gasteiger partial charge is 0.217 e. The molecule has 8 heteroatoms. The van der Waals surface area contributed by atoms with Crippen molar-refractivity contribution in [3.05, 3.63) is 34.9 Å².